The molecule has 3 aromatic carbocycles. The number of hydrogen-bond acceptors (Lipinski definition) is 7. The minimum absolute atomic E-state index is 0.0484. The van der Waals surface area contributed by atoms with Crippen LogP contribution in [-0.2, 0) is 27.5 Å². The van der Waals surface area contributed by atoms with Crippen molar-refractivity contribution in [3.8, 4) is 5.75 Å². The summed E-state index contributed by atoms with van der Waals surface area (Å²) in [6, 6.07) is 21.7. The number of fused-ring (bicyclic) bond motifs is 1. The summed E-state index contributed by atoms with van der Waals surface area (Å²) in [7, 11) is 1.66. The van der Waals surface area contributed by atoms with E-state index in [1.807, 2.05) is 79.8 Å². The fourth-order valence-corrected chi connectivity index (χ4v) is 4.95. The minimum atomic E-state index is -0.475. The summed E-state index contributed by atoms with van der Waals surface area (Å²) in [5, 5.41) is 16.2. The molecule has 210 valence electrons. The van der Waals surface area contributed by atoms with E-state index in [2.05, 4.69) is 28.1 Å². The van der Waals surface area contributed by atoms with Crippen molar-refractivity contribution in [2.75, 3.05) is 19.0 Å². The van der Waals surface area contributed by atoms with Gasteiger partial charge in [0.2, 0.25) is 5.91 Å². The van der Waals surface area contributed by atoms with Crippen LogP contribution < -0.4 is 20.7 Å². The molecule has 1 saturated heterocycles. The van der Waals surface area contributed by atoms with E-state index in [-0.39, 0.29) is 5.91 Å². The molecular formula is C30H34ClN5O4. The van der Waals surface area contributed by atoms with Crippen LogP contribution in [0.4, 0.5) is 11.5 Å². The number of carbonyl (C=O) groups is 3. The first-order valence-electron chi connectivity index (χ1n) is 12.7. The van der Waals surface area contributed by atoms with Gasteiger partial charge in [-0.05, 0) is 67.8 Å². The molecule has 1 aliphatic heterocycles. The van der Waals surface area contributed by atoms with Crippen molar-refractivity contribution in [3.05, 3.63) is 82.9 Å². The Labute approximate surface area is 238 Å². The van der Waals surface area contributed by atoms with Crippen molar-refractivity contribution >= 4 is 53.5 Å². The number of ether oxygens (including phenoxy) is 1. The highest BCUT2D eigenvalue weighted by Crippen LogP contribution is 2.34. The molecule has 4 aromatic rings. The van der Waals surface area contributed by atoms with Gasteiger partial charge in [0.05, 0.1) is 30.1 Å². The predicted molar refractivity (Wildman–Crippen MR) is 158 cm³/mol. The summed E-state index contributed by atoms with van der Waals surface area (Å²) in [5.41, 5.74) is 3.47. The number of amides is 1. The van der Waals surface area contributed by atoms with Crippen LogP contribution in [0.2, 0.25) is 5.02 Å². The zero-order valence-electron chi connectivity index (χ0n) is 22.7. The van der Waals surface area contributed by atoms with Crippen LogP contribution in [0.15, 0.2) is 66.7 Å². The van der Waals surface area contributed by atoms with Gasteiger partial charge in [0, 0.05) is 17.3 Å². The Kier molecular flexibility index (Phi) is 10.8. The molecule has 10 heteroatoms. The molecule has 1 atom stereocenters. The fraction of sp³-hybridized carbons (Fsp3) is 0.267. The number of aromatic nitrogens is 2. The number of rotatable bonds is 8. The molecule has 1 fully saturated rings. The quantitative estimate of drug-likeness (QED) is 0.280. The lowest BCUT2D eigenvalue weighted by molar-refractivity contribution is -0.126. The maximum absolute atomic E-state index is 12.7. The standard InChI is InChI=1S/C28H30ClN5O2.2CH2O/c1-28(13-6-14-31-28)27(35)30-17-19-7-3-8-20(15-19)18-34-23-11-5-12-24(36-2)25(23)26(33-34)32-22-10-4-9-21(29)16-22;2*1-2/h3-5,7-12,15-16,31H,6,13-14,17-18H2,1-2H3,(H,30,35)(H,32,33);2*1H2/t28-;;/m0../s1. The number of carbonyl (C=O) groups excluding carboxylic acids is 3. The first kappa shape index (κ1) is 30.3. The van der Waals surface area contributed by atoms with Crippen LogP contribution in [0.25, 0.3) is 10.9 Å². The molecule has 0 radical (unpaired) electrons. The summed E-state index contributed by atoms with van der Waals surface area (Å²) in [4.78, 5) is 28.7. The number of methoxy groups -OCH3 is 1. The Bertz CT molecular complexity index is 1430. The highest BCUT2D eigenvalue weighted by atomic mass is 35.5. The second-order valence-electron chi connectivity index (χ2n) is 9.36. The molecule has 0 spiro atoms. The van der Waals surface area contributed by atoms with Crippen molar-refractivity contribution in [2.24, 2.45) is 0 Å². The number of anilines is 2. The van der Waals surface area contributed by atoms with Gasteiger partial charge in [-0.2, -0.15) is 5.10 Å². The highest BCUT2D eigenvalue weighted by molar-refractivity contribution is 6.30. The monoisotopic (exact) mass is 563 g/mol. The molecular weight excluding hydrogens is 530 g/mol. The lowest BCUT2D eigenvalue weighted by Gasteiger charge is -2.23. The van der Waals surface area contributed by atoms with E-state index >= 15 is 0 Å². The lowest BCUT2D eigenvalue weighted by atomic mass is 9.99. The van der Waals surface area contributed by atoms with Crippen LogP contribution in [0.3, 0.4) is 0 Å². The molecule has 9 nitrogen and oxygen atoms in total. The molecule has 0 unspecified atom stereocenters. The van der Waals surface area contributed by atoms with Gasteiger partial charge in [-0.15, -0.1) is 0 Å². The maximum atomic E-state index is 12.7. The second kappa shape index (κ2) is 14.3. The zero-order valence-corrected chi connectivity index (χ0v) is 23.5. The van der Waals surface area contributed by atoms with E-state index in [4.69, 9.17) is 31.0 Å². The zero-order chi connectivity index (χ0) is 29.1. The van der Waals surface area contributed by atoms with Crippen molar-refractivity contribution in [1.29, 1.82) is 0 Å². The Morgan fingerprint density at radius 1 is 1.07 bits per heavy atom. The summed E-state index contributed by atoms with van der Waals surface area (Å²) in [5.74, 6) is 1.49. The Balaban J connectivity index is 0.00000106. The maximum Gasteiger partial charge on any atom is 0.240 e. The molecule has 3 N–H and O–H groups in total. The van der Waals surface area contributed by atoms with Gasteiger partial charge in [-0.25, -0.2) is 0 Å². The number of nitrogens with zero attached hydrogens (tertiary/aromatic N) is 2. The number of nitrogens with one attached hydrogen (secondary N) is 3. The van der Waals surface area contributed by atoms with Crippen molar-refractivity contribution in [3.63, 3.8) is 0 Å². The number of hydrogen-bond donors (Lipinski definition) is 3. The van der Waals surface area contributed by atoms with Crippen molar-refractivity contribution in [1.82, 2.24) is 20.4 Å². The van der Waals surface area contributed by atoms with E-state index < -0.39 is 5.54 Å². The van der Waals surface area contributed by atoms with E-state index in [0.29, 0.717) is 23.9 Å². The molecule has 2 heterocycles. The van der Waals surface area contributed by atoms with Gasteiger partial charge in [-0.1, -0.05) is 48.0 Å². The molecule has 1 amide bonds. The molecule has 40 heavy (non-hydrogen) atoms. The average molecular weight is 564 g/mol. The average Bonchev–Trinajstić information content (AvgIpc) is 3.58. The molecule has 1 aromatic heterocycles. The summed E-state index contributed by atoms with van der Waals surface area (Å²) >= 11 is 6.18. The van der Waals surface area contributed by atoms with Crippen LogP contribution in [0.1, 0.15) is 30.9 Å². The van der Waals surface area contributed by atoms with E-state index in [0.717, 1.165) is 52.9 Å². The SMILES string of the molecule is C=O.C=O.COc1cccc2c1c(Nc1cccc(Cl)c1)nn2Cc1cccc(CNC(=O)[C@]2(C)CCCN2)c1. The third kappa shape index (κ3) is 7.05. The van der Waals surface area contributed by atoms with Gasteiger partial charge in [0.1, 0.15) is 19.3 Å². The van der Waals surface area contributed by atoms with Crippen molar-refractivity contribution in [2.45, 2.75) is 38.4 Å². The number of halogens is 1. The third-order valence-electron chi connectivity index (χ3n) is 6.69. The van der Waals surface area contributed by atoms with E-state index in [1.54, 1.807) is 7.11 Å². The first-order chi connectivity index (χ1) is 19.4. The van der Waals surface area contributed by atoms with E-state index in [1.165, 1.54) is 0 Å². The first-order valence-corrected chi connectivity index (χ1v) is 13.1. The summed E-state index contributed by atoms with van der Waals surface area (Å²) < 4.78 is 7.62. The second-order valence-corrected chi connectivity index (χ2v) is 9.80. The lowest BCUT2D eigenvalue weighted by Crippen LogP contribution is -2.50. The number of benzene rings is 3. The van der Waals surface area contributed by atoms with Crippen molar-refractivity contribution < 1.29 is 19.1 Å². The van der Waals surface area contributed by atoms with Gasteiger partial charge in [0.25, 0.3) is 0 Å². The van der Waals surface area contributed by atoms with Crippen LogP contribution >= 0.6 is 11.6 Å². The Morgan fingerprint density at radius 3 is 2.50 bits per heavy atom. The highest BCUT2D eigenvalue weighted by Gasteiger charge is 2.35. The minimum Gasteiger partial charge on any atom is -0.496 e. The van der Waals surface area contributed by atoms with E-state index in [9.17, 15) is 4.79 Å². The van der Waals surface area contributed by atoms with Crippen LogP contribution in [-0.4, -0.2) is 48.5 Å². The molecule has 1 aliphatic rings. The van der Waals surface area contributed by atoms with Crippen LogP contribution in [0.5, 0.6) is 5.75 Å². The molecule has 0 bridgehead atoms. The molecule has 0 saturated carbocycles. The normalized spacial score (nSPS) is 15.8. The topological polar surface area (TPSA) is 114 Å². The summed E-state index contributed by atoms with van der Waals surface area (Å²) in [6.45, 7) is 7.91. The smallest absolute Gasteiger partial charge is 0.240 e. The Morgan fingerprint density at radius 2 is 1.80 bits per heavy atom. The fourth-order valence-electron chi connectivity index (χ4n) is 4.76. The van der Waals surface area contributed by atoms with Gasteiger partial charge in [-0.3, -0.25) is 9.48 Å². The van der Waals surface area contributed by atoms with Gasteiger partial charge < -0.3 is 30.3 Å². The molecule has 5 rings (SSSR count). The summed E-state index contributed by atoms with van der Waals surface area (Å²) in [6.07, 6.45) is 1.89. The largest absolute Gasteiger partial charge is 0.496 e. The predicted octanol–water partition coefficient (Wildman–Crippen LogP) is 4.88. The van der Waals surface area contributed by atoms with Gasteiger partial charge in [0.15, 0.2) is 5.82 Å². The third-order valence-corrected chi connectivity index (χ3v) is 6.93. The Hall–Kier alpha value is -4.21. The molecule has 0 aliphatic carbocycles. The van der Waals surface area contributed by atoms with Crippen LogP contribution in [0, 0.1) is 0 Å². The van der Waals surface area contributed by atoms with Gasteiger partial charge >= 0.3 is 0 Å².